The van der Waals surface area contributed by atoms with E-state index in [-0.39, 0.29) is 17.9 Å². The molecule has 3 aromatic rings. The fourth-order valence-corrected chi connectivity index (χ4v) is 4.79. The summed E-state index contributed by atoms with van der Waals surface area (Å²) in [6.45, 7) is 4.39. The van der Waals surface area contributed by atoms with Gasteiger partial charge >= 0.3 is 6.18 Å². The highest BCUT2D eigenvalue weighted by atomic mass is 35.5. The molecular weight excluding hydrogens is 470 g/mol. The summed E-state index contributed by atoms with van der Waals surface area (Å²) in [4.78, 5) is 2.37. The van der Waals surface area contributed by atoms with Crippen LogP contribution < -0.4 is 4.74 Å². The van der Waals surface area contributed by atoms with Crippen LogP contribution in [0.2, 0.25) is 10.0 Å². The molecule has 3 atom stereocenters. The number of likely N-dealkylation sites (tertiary alicyclic amines) is 1. The fraction of sp³-hybridized carbons (Fsp3) is 0.308. The molecule has 4 rings (SSSR count). The zero-order valence-electron chi connectivity index (χ0n) is 18.0. The molecule has 1 heterocycles. The number of alkyl halides is 3. The lowest BCUT2D eigenvalue weighted by Gasteiger charge is -2.26. The molecular formula is C26H24Cl2F3NO. The SMILES string of the molecule is CC(Oc1ccc(C(F)(F)F)cc1)C1CN(Cc2ccccc2)CC1c1ccc(Cl)c(Cl)c1. The number of benzene rings is 3. The monoisotopic (exact) mass is 493 g/mol. The highest BCUT2D eigenvalue weighted by Gasteiger charge is 2.38. The van der Waals surface area contributed by atoms with Gasteiger partial charge in [-0.2, -0.15) is 13.2 Å². The lowest BCUT2D eigenvalue weighted by Crippen LogP contribution is -2.29. The Bertz CT molecular complexity index is 1070. The standard InChI is InChI=1S/C26H24Cl2F3NO/c1-17(33-21-10-8-20(9-11-21)26(29,30)31)22-15-32(14-18-5-3-2-4-6-18)16-23(22)19-7-12-24(27)25(28)13-19/h2-13,17,22-23H,14-16H2,1H3. The smallest absolute Gasteiger partial charge is 0.416 e. The molecule has 0 spiro atoms. The molecule has 0 amide bonds. The molecule has 1 fully saturated rings. The summed E-state index contributed by atoms with van der Waals surface area (Å²) in [5.74, 6) is 0.686. The number of nitrogens with zero attached hydrogens (tertiary/aromatic N) is 1. The third-order valence-corrected chi connectivity index (χ3v) is 6.91. The number of hydrogen-bond donors (Lipinski definition) is 0. The molecule has 0 aromatic heterocycles. The molecule has 3 aromatic carbocycles. The van der Waals surface area contributed by atoms with E-state index in [1.807, 2.05) is 37.3 Å². The Balaban J connectivity index is 1.54. The Morgan fingerprint density at radius 1 is 0.939 bits per heavy atom. The van der Waals surface area contributed by atoms with Gasteiger partial charge in [-0.25, -0.2) is 0 Å². The zero-order chi connectivity index (χ0) is 23.6. The molecule has 1 aliphatic rings. The van der Waals surface area contributed by atoms with E-state index in [1.54, 1.807) is 6.07 Å². The van der Waals surface area contributed by atoms with Crippen LogP contribution in [0.25, 0.3) is 0 Å². The van der Waals surface area contributed by atoms with Gasteiger partial charge in [0.25, 0.3) is 0 Å². The first-order valence-corrected chi connectivity index (χ1v) is 11.5. The first kappa shape index (κ1) is 23.9. The van der Waals surface area contributed by atoms with Crippen LogP contribution in [-0.4, -0.2) is 24.1 Å². The van der Waals surface area contributed by atoms with E-state index in [0.717, 1.165) is 37.3 Å². The van der Waals surface area contributed by atoms with E-state index < -0.39 is 11.7 Å². The predicted octanol–water partition coefficient (Wildman–Crippen LogP) is 7.70. The highest BCUT2D eigenvalue weighted by Crippen LogP contribution is 2.39. The zero-order valence-corrected chi connectivity index (χ0v) is 19.5. The van der Waals surface area contributed by atoms with Gasteiger partial charge in [0.1, 0.15) is 11.9 Å². The maximum Gasteiger partial charge on any atom is 0.416 e. The van der Waals surface area contributed by atoms with Gasteiger partial charge in [0.05, 0.1) is 15.6 Å². The third-order valence-electron chi connectivity index (χ3n) is 6.17. The molecule has 33 heavy (non-hydrogen) atoms. The van der Waals surface area contributed by atoms with E-state index in [4.69, 9.17) is 27.9 Å². The van der Waals surface area contributed by atoms with Gasteiger partial charge in [-0.15, -0.1) is 0 Å². The van der Waals surface area contributed by atoms with E-state index in [0.29, 0.717) is 15.8 Å². The molecule has 174 valence electrons. The average molecular weight is 494 g/mol. The van der Waals surface area contributed by atoms with E-state index in [1.165, 1.54) is 17.7 Å². The van der Waals surface area contributed by atoms with Crippen molar-refractivity contribution in [2.45, 2.75) is 31.7 Å². The predicted molar refractivity (Wildman–Crippen MR) is 126 cm³/mol. The van der Waals surface area contributed by atoms with Gasteiger partial charge in [-0.05, 0) is 54.4 Å². The van der Waals surface area contributed by atoms with Crippen molar-refractivity contribution < 1.29 is 17.9 Å². The minimum atomic E-state index is -4.37. The van der Waals surface area contributed by atoms with Crippen molar-refractivity contribution in [2.24, 2.45) is 5.92 Å². The summed E-state index contributed by atoms with van der Waals surface area (Å²) in [5.41, 5.74) is 1.61. The molecule has 0 aliphatic carbocycles. The second-order valence-electron chi connectivity index (χ2n) is 8.47. The Hall–Kier alpha value is -2.21. The minimum Gasteiger partial charge on any atom is -0.490 e. The number of halogens is 5. The van der Waals surface area contributed by atoms with E-state index in [2.05, 4.69) is 17.0 Å². The van der Waals surface area contributed by atoms with Crippen molar-refractivity contribution in [1.82, 2.24) is 4.90 Å². The van der Waals surface area contributed by atoms with Crippen molar-refractivity contribution >= 4 is 23.2 Å². The van der Waals surface area contributed by atoms with Gasteiger partial charge in [-0.3, -0.25) is 4.90 Å². The van der Waals surface area contributed by atoms with Crippen LogP contribution in [0.5, 0.6) is 5.75 Å². The van der Waals surface area contributed by atoms with Gasteiger partial charge < -0.3 is 4.74 Å². The first-order chi connectivity index (χ1) is 15.7. The highest BCUT2D eigenvalue weighted by molar-refractivity contribution is 6.42. The lowest BCUT2D eigenvalue weighted by molar-refractivity contribution is -0.137. The third kappa shape index (κ3) is 5.84. The largest absolute Gasteiger partial charge is 0.490 e. The van der Waals surface area contributed by atoms with Gasteiger partial charge in [0.2, 0.25) is 0 Å². The number of hydrogen-bond acceptors (Lipinski definition) is 2. The molecule has 1 saturated heterocycles. The van der Waals surface area contributed by atoms with Crippen molar-refractivity contribution in [1.29, 1.82) is 0 Å². The Labute approximate surface area is 201 Å². The number of ether oxygens (including phenoxy) is 1. The summed E-state index contributed by atoms with van der Waals surface area (Å²) in [6, 6.07) is 20.8. The molecule has 7 heteroatoms. The minimum absolute atomic E-state index is 0.119. The van der Waals surface area contributed by atoms with Crippen molar-refractivity contribution in [3.05, 3.63) is 99.5 Å². The summed E-state index contributed by atoms with van der Waals surface area (Å²) in [6.07, 6.45) is -4.59. The van der Waals surface area contributed by atoms with Crippen LogP contribution >= 0.6 is 23.2 Å². The molecule has 2 nitrogen and oxygen atoms in total. The van der Waals surface area contributed by atoms with Crippen molar-refractivity contribution in [2.75, 3.05) is 13.1 Å². The quantitative estimate of drug-likeness (QED) is 0.348. The van der Waals surface area contributed by atoms with Gasteiger partial charge in [-0.1, -0.05) is 59.6 Å². The van der Waals surface area contributed by atoms with Crippen LogP contribution in [0.1, 0.15) is 29.5 Å². The van der Waals surface area contributed by atoms with Crippen LogP contribution in [-0.2, 0) is 12.7 Å². The van der Waals surface area contributed by atoms with Gasteiger partial charge in [0.15, 0.2) is 0 Å². The van der Waals surface area contributed by atoms with Crippen molar-refractivity contribution in [3.8, 4) is 5.75 Å². The number of rotatable bonds is 6. The van der Waals surface area contributed by atoms with Crippen LogP contribution in [0.4, 0.5) is 13.2 Å². The molecule has 1 aliphatic heterocycles. The molecule has 0 saturated carbocycles. The topological polar surface area (TPSA) is 12.5 Å². The summed E-state index contributed by atoms with van der Waals surface area (Å²) in [7, 11) is 0. The van der Waals surface area contributed by atoms with Gasteiger partial charge in [0, 0.05) is 31.5 Å². The average Bonchev–Trinajstić information content (AvgIpc) is 3.20. The van der Waals surface area contributed by atoms with E-state index >= 15 is 0 Å². The molecule has 0 radical (unpaired) electrons. The Kier molecular flexibility index (Phi) is 7.22. The van der Waals surface area contributed by atoms with Crippen molar-refractivity contribution in [3.63, 3.8) is 0 Å². The molecule has 0 bridgehead atoms. The maximum absolute atomic E-state index is 12.9. The summed E-state index contributed by atoms with van der Waals surface area (Å²) in [5, 5.41) is 1.01. The van der Waals surface area contributed by atoms with E-state index in [9.17, 15) is 13.2 Å². The van der Waals surface area contributed by atoms with Crippen LogP contribution in [0.15, 0.2) is 72.8 Å². The van der Waals surface area contributed by atoms with Crippen LogP contribution in [0, 0.1) is 5.92 Å². The second kappa shape index (κ2) is 9.96. The summed E-state index contributed by atoms with van der Waals surface area (Å²) < 4.78 is 44.8. The maximum atomic E-state index is 12.9. The Morgan fingerprint density at radius 2 is 1.64 bits per heavy atom. The first-order valence-electron chi connectivity index (χ1n) is 10.8. The fourth-order valence-electron chi connectivity index (χ4n) is 4.48. The Morgan fingerprint density at radius 3 is 2.27 bits per heavy atom. The van der Waals surface area contributed by atoms with Crippen LogP contribution in [0.3, 0.4) is 0 Å². The molecule has 3 unspecified atom stereocenters. The second-order valence-corrected chi connectivity index (χ2v) is 9.28. The summed E-state index contributed by atoms with van der Waals surface area (Å²) >= 11 is 12.4. The molecule has 0 N–H and O–H groups in total. The normalized spacial score (nSPS) is 20.1. The lowest BCUT2D eigenvalue weighted by atomic mass is 9.85.